The number of nitrogens with zero attached hydrogens (tertiary/aromatic N) is 3. The van der Waals surface area contributed by atoms with Crippen molar-refractivity contribution in [1.29, 1.82) is 10.5 Å². The quantitative estimate of drug-likeness (QED) is 0.599. The van der Waals surface area contributed by atoms with Crippen LogP contribution < -0.4 is 9.46 Å². The Balaban J connectivity index is 1.90. The van der Waals surface area contributed by atoms with Crippen molar-refractivity contribution in [2.45, 2.75) is 11.3 Å². The Labute approximate surface area is 175 Å². The zero-order valence-electron chi connectivity index (χ0n) is 15.4. The van der Waals surface area contributed by atoms with Crippen LogP contribution in [-0.4, -0.2) is 13.4 Å². The second-order valence-corrected chi connectivity index (χ2v) is 7.68. The molecule has 0 aliphatic rings. The van der Waals surface area contributed by atoms with E-state index in [2.05, 4.69) is 9.71 Å². The number of hydrogen-bond donors (Lipinski definition) is 1. The molecule has 0 fully saturated rings. The van der Waals surface area contributed by atoms with Crippen LogP contribution in [0.2, 0.25) is 0 Å². The summed E-state index contributed by atoms with van der Waals surface area (Å²) in [4.78, 5) is 3.31. The van der Waals surface area contributed by atoms with Crippen molar-refractivity contribution in [2.75, 3.05) is 4.72 Å². The zero-order chi connectivity index (χ0) is 22.6. The SMILES string of the molecule is N#Cc1cc(S(=O)(=O)Nc2ccc(F)cn2)ccc1Oc1ccc(C#N)c(C(F)F)c1. The molecule has 0 amide bonds. The molecule has 0 unspecified atom stereocenters. The van der Waals surface area contributed by atoms with Crippen molar-refractivity contribution in [3.63, 3.8) is 0 Å². The van der Waals surface area contributed by atoms with Crippen LogP contribution in [0.1, 0.15) is 23.1 Å². The van der Waals surface area contributed by atoms with Gasteiger partial charge in [0.2, 0.25) is 0 Å². The summed E-state index contributed by atoms with van der Waals surface area (Å²) in [6.07, 6.45) is -2.08. The summed E-state index contributed by atoms with van der Waals surface area (Å²) in [5.74, 6) is -0.910. The lowest BCUT2D eigenvalue weighted by Crippen LogP contribution is -2.14. The fraction of sp³-hybridized carbons (Fsp3) is 0.0500. The highest BCUT2D eigenvalue weighted by molar-refractivity contribution is 7.92. The molecule has 0 saturated carbocycles. The largest absolute Gasteiger partial charge is 0.456 e. The lowest BCUT2D eigenvalue weighted by Gasteiger charge is -2.12. The Bertz CT molecular complexity index is 1310. The minimum absolute atomic E-state index is 0.0601. The molecule has 7 nitrogen and oxygen atoms in total. The highest BCUT2D eigenvalue weighted by atomic mass is 32.2. The van der Waals surface area contributed by atoms with E-state index >= 15 is 0 Å². The molecule has 156 valence electrons. The molecule has 1 N–H and O–H groups in total. The van der Waals surface area contributed by atoms with Crippen LogP contribution in [-0.2, 0) is 10.0 Å². The first kappa shape index (κ1) is 21.6. The van der Waals surface area contributed by atoms with E-state index in [4.69, 9.17) is 10.00 Å². The Morgan fingerprint density at radius 3 is 2.35 bits per heavy atom. The summed E-state index contributed by atoms with van der Waals surface area (Å²) < 4.78 is 71.8. The van der Waals surface area contributed by atoms with Gasteiger partial charge >= 0.3 is 0 Å². The third kappa shape index (κ3) is 4.91. The monoisotopic (exact) mass is 444 g/mol. The van der Waals surface area contributed by atoms with E-state index in [0.717, 1.165) is 42.6 Å². The van der Waals surface area contributed by atoms with Crippen molar-refractivity contribution >= 4 is 15.8 Å². The van der Waals surface area contributed by atoms with Crippen LogP contribution in [0.4, 0.5) is 19.0 Å². The third-order valence-electron chi connectivity index (χ3n) is 3.95. The topological polar surface area (TPSA) is 116 Å². The highest BCUT2D eigenvalue weighted by Crippen LogP contribution is 2.32. The van der Waals surface area contributed by atoms with Crippen LogP contribution in [0, 0.1) is 28.5 Å². The van der Waals surface area contributed by atoms with Gasteiger partial charge in [-0.25, -0.2) is 26.6 Å². The first-order chi connectivity index (χ1) is 14.7. The molecule has 0 atom stereocenters. The van der Waals surface area contributed by atoms with Gasteiger partial charge in [-0.3, -0.25) is 4.72 Å². The second-order valence-electron chi connectivity index (χ2n) is 6.00. The number of ether oxygens (including phenoxy) is 1. The molecule has 31 heavy (non-hydrogen) atoms. The van der Waals surface area contributed by atoms with Gasteiger partial charge in [0, 0.05) is 5.56 Å². The van der Waals surface area contributed by atoms with Crippen molar-refractivity contribution in [3.05, 3.63) is 77.2 Å². The molecule has 3 rings (SSSR count). The second kappa shape index (κ2) is 8.73. The van der Waals surface area contributed by atoms with Crippen LogP contribution in [0.15, 0.2) is 59.6 Å². The average Bonchev–Trinajstić information content (AvgIpc) is 2.75. The number of anilines is 1. The minimum atomic E-state index is -4.15. The Morgan fingerprint density at radius 2 is 1.74 bits per heavy atom. The maximum absolute atomic E-state index is 13.1. The zero-order valence-corrected chi connectivity index (χ0v) is 16.2. The maximum Gasteiger partial charge on any atom is 0.265 e. The number of nitriles is 2. The molecule has 0 saturated heterocycles. The number of halogens is 3. The highest BCUT2D eigenvalue weighted by Gasteiger charge is 2.19. The van der Waals surface area contributed by atoms with Crippen molar-refractivity contribution in [2.24, 2.45) is 0 Å². The standard InChI is InChI=1S/C20H11F3N4O3S/c21-14-2-6-19(26-11-14)27-31(28,29)16-4-5-18(13(7-16)10-25)30-15-3-1-12(9-24)17(8-15)20(22)23/h1-8,11,20H,(H,26,27). The van der Waals surface area contributed by atoms with Crippen LogP contribution in [0.25, 0.3) is 0 Å². The molecule has 0 aliphatic heterocycles. The Morgan fingerprint density at radius 1 is 1.00 bits per heavy atom. The first-order valence-electron chi connectivity index (χ1n) is 8.42. The van der Waals surface area contributed by atoms with Gasteiger partial charge in [0.25, 0.3) is 16.4 Å². The molecule has 2 aromatic carbocycles. The molecule has 11 heteroatoms. The lowest BCUT2D eigenvalue weighted by atomic mass is 10.1. The van der Waals surface area contributed by atoms with Crippen molar-refractivity contribution in [1.82, 2.24) is 4.98 Å². The van der Waals surface area contributed by atoms with Gasteiger partial charge in [0.15, 0.2) is 0 Å². The minimum Gasteiger partial charge on any atom is -0.456 e. The predicted octanol–water partition coefficient (Wildman–Crippen LogP) is 4.49. The van der Waals surface area contributed by atoms with Crippen molar-refractivity contribution in [3.8, 4) is 23.6 Å². The molecule has 1 heterocycles. The summed E-state index contributed by atoms with van der Waals surface area (Å²) >= 11 is 0. The molecule has 0 bridgehead atoms. The van der Waals surface area contributed by atoms with E-state index in [-0.39, 0.29) is 33.3 Å². The number of alkyl halides is 2. The summed E-state index contributed by atoms with van der Waals surface area (Å²) in [5, 5.41) is 18.3. The maximum atomic E-state index is 13.1. The van der Waals surface area contributed by atoms with Gasteiger partial charge in [0.1, 0.15) is 29.2 Å². The van der Waals surface area contributed by atoms with Gasteiger partial charge in [-0.1, -0.05) is 0 Å². The van der Waals surface area contributed by atoms with E-state index in [1.54, 1.807) is 12.1 Å². The first-order valence-corrected chi connectivity index (χ1v) is 9.90. The fourth-order valence-electron chi connectivity index (χ4n) is 2.50. The average molecular weight is 444 g/mol. The normalized spacial score (nSPS) is 10.9. The predicted molar refractivity (Wildman–Crippen MR) is 102 cm³/mol. The summed E-state index contributed by atoms with van der Waals surface area (Å²) in [7, 11) is -4.15. The van der Waals surface area contributed by atoms with Crippen LogP contribution in [0.3, 0.4) is 0 Å². The van der Waals surface area contributed by atoms with Gasteiger partial charge in [0.05, 0.1) is 28.3 Å². The number of nitrogens with one attached hydrogen (secondary N) is 1. The van der Waals surface area contributed by atoms with E-state index in [1.807, 2.05) is 0 Å². The number of pyridine rings is 1. The van der Waals surface area contributed by atoms with E-state index < -0.39 is 27.8 Å². The lowest BCUT2D eigenvalue weighted by molar-refractivity contribution is 0.150. The molecule has 0 spiro atoms. The third-order valence-corrected chi connectivity index (χ3v) is 5.31. The molecule has 1 aromatic heterocycles. The van der Waals surface area contributed by atoms with Gasteiger partial charge in [-0.15, -0.1) is 0 Å². The number of rotatable bonds is 6. The molecule has 0 radical (unpaired) electrons. The molecule has 0 aliphatic carbocycles. The van der Waals surface area contributed by atoms with E-state index in [0.29, 0.717) is 0 Å². The summed E-state index contributed by atoms with van der Waals surface area (Å²) in [6.45, 7) is 0. The van der Waals surface area contributed by atoms with E-state index in [1.165, 1.54) is 12.1 Å². The molecule has 3 aromatic rings. The molecular formula is C20H11F3N4O3S. The van der Waals surface area contributed by atoms with Gasteiger partial charge < -0.3 is 4.74 Å². The summed E-state index contributed by atoms with van der Waals surface area (Å²) in [6, 6.07) is 12.3. The van der Waals surface area contributed by atoms with Gasteiger partial charge in [-0.2, -0.15) is 10.5 Å². The number of sulfonamides is 1. The van der Waals surface area contributed by atoms with E-state index in [9.17, 15) is 26.9 Å². The number of benzene rings is 2. The fourth-order valence-corrected chi connectivity index (χ4v) is 3.53. The smallest absolute Gasteiger partial charge is 0.265 e. The summed E-state index contributed by atoms with van der Waals surface area (Å²) in [5.41, 5.74) is -0.934. The Hall–Kier alpha value is -4.09. The number of aromatic nitrogens is 1. The van der Waals surface area contributed by atoms with Crippen LogP contribution >= 0.6 is 0 Å². The number of hydrogen-bond acceptors (Lipinski definition) is 6. The van der Waals surface area contributed by atoms with Crippen LogP contribution in [0.5, 0.6) is 11.5 Å². The Kier molecular flexibility index (Phi) is 6.09. The molecular weight excluding hydrogens is 433 g/mol. The van der Waals surface area contributed by atoms with Gasteiger partial charge in [-0.05, 0) is 48.5 Å². The van der Waals surface area contributed by atoms with Crippen molar-refractivity contribution < 1.29 is 26.3 Å².